The van der Waals surface area contributed by atoms with Crippen molar-refractivity contribution in [3.05, 3.63) is 71.3 Å². The van der Waals surface area contributed by atoms with Crippen molar-refractivity contribution in [3.63, 3.8) is 0 Å². The first-order chi connectivity index (χ1) is 13.7. The molecule has 2 aromatic rings. The smallest absolute Gasteiger partial charge is 0.248 e. The second-order valence-corrected chi connectivity index (χ2v) is 6.98. The number of nitrogens with zero attached hydrogens (tertiary/aromatic N) is 3. The van der Waals surface area contributed by atoms with Crippen molar-refractivity contribution in [1.29, 1.82) is 0 Å². The van der Waals surface area contributed by atoms with E-state index in [1.807, 2.05) is 18.2 Å². The third-order valence-electron chi connectivity index (χ3n) is 4.88. The topological polar surface area (TPSA) is 74.0 Å². The minimum absolute atomic E-state index is 0. The van der Waals surface area contributed by atoms with Gasteiger partial charge in [-0.05, 0) is 30.2 Å². The summed E-state index contributed by atoms with van der Waals surface area (Å²) in [5.41, 5.74) is 8.23. The molecule has 0 bridgehead atoms. The predicted molar refractivity (Wildman–Crippen MR) is 128 cm³/mol. The quantitative estimate of drug-likeness (QED) is 0.359. The highest BCUT2D eigenvalue weighted by atomic mass is 127. The van der Waals surface area contributed by atoms with Crippen LogP contribution in [0.3, 0.4) is 0 Å². The van der Waals surface area contributed by atoms with Crippen molar-refractivity contribution in [2.24, 2.45) is 10.7 Å². The number of carbonyl (C=O) groups excluding carboxylic acids is 1. The number of nitrogens with two attached hydrogens (primary N) is 1. The number of nitrogens with one attached hydrogen (secondary N) is 1. The molecule has 0 radical (unpaired) electrons. The SMILES string of the molecule is CCNC(=NCc1cccc(C(N)=O)c1)N1CCN(Cc2ccccc2)CC1.I. The summed E-state index contributed by atoms with van der Waals surface area (Å²) in [6.45, 7) is 8.32. The Balaban J connectivity index is 0.00000300. The number of halogens is 1. The van der Waals surface area contributed by atoms with Crippen LogP contribution >= 0.6 is 24.0 Å². The Hall–Kier alpha value is -2.13. The van der Waals surface area contributed by atoms with Gasteiger partial charge in [0.25, 0.3) is 0 Å². The number of aliphatic imine (C=N–C) groups is 1. The molecule has 1 amide bonds. The Labute approximate surface area is 190 Å². The van der Waals surface area contributed by atoms with Crippen LogP contribution in [0.2, 0.25) is 0 Å². The zero-order valence-corrected chi connectivity index (χ0v) is 19.2. The van der Waals surface area contributed by atoms with Gasteiger partial charge in [0.05, 0.1) is 6.54 Å². The molecule has 0 atom stereocenters. The molecular weight excluding hydrogens is 477 g/mol. The predicted octanol–water partition coefficient (Wildman–Crippen LogP) is 2.69. The molecule has 156 valence electrons. The van der Waals surface area contributed by atoms with Gasteiger partial charge in [0.1, 0.15) is 0 Å². The Bertz CT molecular complexity index is 804. The molecule has 2 aromatic carbocycles. The number of primary amides is 1. The molecular formula is C22H30IN5O. The van der Waals surface area contributed by atoms with Crippen LogP contribution in [-0.2, 0) is 13.1 Å². The number of hydrogen-bond acceptors (Lipinski definition) is 3. The highest BCUT2D eigenvalue weighted by molar-refractivity contribution is 14.0. The Kier molecular flexibility index (Phi) is 9.40. The zero-order valence-electron chi connectivity index (χ0n) is 16.9. The monoisotopic (exact) mass is 507 g/mol. The summed E-state index contributed by atoms with van der Waals surface area (Å²) >= 11 is 0. The second kappa shape index (κ2) is 11.8. The number of guanidine groups is 1. The summed E-state index contributed by atoms with van der Waals surface area (Å²) < 4.78 is 0. The lowest BCUT2D eigenvalue weighted by atomic mass is 10.1. The molecule has 1 heterocycles. The highest BCUT2D eigenvalue weighted by Crippen LogP contribution is 2.10. The summed E-state index contributed by atoms with van der Waals surface area (Å²) in [4.78, 5) is 20.9. The zero-order chi connectivity index (χ0) is 19.8. The number of benzene rings is 2. The van der Waals surface area contributed by atoms with Gasteiger partial charge in [-0.25, -0.2) is 4.99 Å². The lowest BCUT2D eigenvalue weighted by Crippen LogP contribution is -2.52. The fourth-order valence-corrected chi connectivity index (χ4v) is 3.37. The van der Waals surface area contributed by atoms with Crippen molar-refractivity contribution in [2.75, 3.05) is 32.7 Å². The molecule has 1 saturated heterocycles. The molecule has 0 aliphatic carbocycles. The van der Waals surface area contributed by atoms with Gasteiger partial charge in [0.15, 0.2) is 5.96 Å². The normalized spacial score (nSPS) is 14.9. The van der Waals surface area contributed by atoms with Crippen molar-refractivity contribution in [1.82, 2.24) is 15.1 Å². The van der Waals surface area contributed by atoms with Crippen LogP contribution in [0, 0.1) is 0 Å². The van der Waals surface area contributed by atoms with Gasteiger partial charge < -0.3 is 16.0 Å². The summed E-state index contributed by atoms with van der Waals surface area (Å²) in [6.07, 6.45) is 0. The molecule has 3 N–H and O–H groups in total. The van der Waals surface area contributed by atoms with E-state index in [1.165, 1.54) is 5.56 Å². The van der Waals surface area contributed by atoms with Crippen molar-refractivity contribution in [3.8, 4) is 0 Å². The van der Waals surface area contributed by atoms with Crippen molar-refractivity contribution >= 4 is 35.8 Å². The minimum Gasteiger partial charge on any atom is -0.366 e. The van der Waals surface area contributed by atoms with Crippen molar-refractivity contribution < 1.29 is 4.79 Å². The Morgan fingerprint density at radius 2 is 1.72 bits per heavy atom. The van der Waals surface area contributed by atoms with E-state index in [-0.39, 0.29) is 24.0 Å². The number of rotatable bonds is 6. The molecule has 0 aromatic heterocycles. The van der Waals surface area contributed by atoms with Crippen LogP contribution in [-0.4, -0.2) is 54.4 Å². The third kappa shape index (κ3) is 7.01. The standard InChI is InChI=1S/C22H29N5O.HI/c1-2-24-22(25-16-19-9-6-10-20(15-19)21(23)28)27-13-11-26(12-14-27)17-18-7-4-3-5-8-18;/h3-10,15H,2,11-14,16-17H2,1H3,(H2,23,28)(H,24,25);1H. The molecule has 0 spiro atoms. The molecule has 29 heavy (non-hydrogen) atoms. The van der Waals surface area contributed by atoms with Crippen LogP contribution in [0.15, 0.2) is 59.6 Å². The molecule has 6 nitrogen and oxygen atoms in total. The number of carbonyl (C=O) groups is 1. The van der Waals surface area contributed by atoms with Gasteiger partial charge in [-0.3, -0.25) is 9.69 Å². The summed E-state index contributed by atoms with van der Waals surface area (Å²) in [6, 6.07) is 18.0. The van der Waals surface area contributed by atoms with E-state index in [0.717, 1.165) is 50.8 Å². The summed E-state index contributed by atoms with van der Waals surface area (Å²) in [7, 11) is 0. The van der Waals surface area contributed by atoms with Gasteiger partial charge >= 0.3 is 0 Å². The molecule has 0 saturated carbocycles. The molecule has 7 heteroatoms. The Morgan fingerprint density at radius 1 is 1.03 bits per heavy atom. The average molecular weight is 507 g/mol. The van der Waals surface area contributed by atoms with Crippen molar-refractivity contribution in [2.45, 2.75) is 20.0 Å². The van der Waals surface area contributed by atoms with Crippen LogP contribution < -0.4 is 11.1 Å². The largest absolute Gasteiger partial charge is 0.366 e. The number of amides is 1. The van der Waals surface area contributed by atoms with Gasteiger partial charge in [-0.2, -0.15) is 0 Å². The first kappa shape index (κ1) is 23.2. The maximum atomic E-state index is 11.4. The molecule has 3 rings (SSSR count). The van der Waals surface area contributed by atoms with Crippen LogP contribution in [0.4, 0.5) is 0 Å². The third-order valence-corrected chi connectivity index (χ3v) is 4.88. The molecule has 1 aliphatic rings. The lowest BCUT2D eigenvalue weighted by molar-refractivity contribution is 0.1000. The molecule has 0 unspecified atom stereocenters. The van der Waals surface area contributed by atoms with E-state index < -0.39 is 5.91 Å². The fraction of sp³-hybridized carbons (Fsp3) is 0.364. The first-order valence-corrected chi connectivity index (χ1v) is 9.84. The van der Waals surface area contributed by atoms with E-state index in [2.05, 4.69) is 52.4 Å². The molecule has 1 fully saturated rings. The van der Waals surface area contributed by atoms with Crippen LogP contribution in [0.1, 0.15) is 28.4 Å². The van der Waals surface area contributed by atoms with Gasteiger partial charge in [-0.1, -0.05) is 42.5 Å². The van der Waals surface area contributed by atoms with E-state index in [1.54, 1.807) is 6.07 Å². The highest BCUT2D eigenvalue weighted by Gasteiger charge is 2.19. The second-order valence-electron chi connectivity index (χ2n) is 6.98. The number of hydrogen-bond donors (Lipinski definition) is 2. The lowest BCUT2D eigenvalue weighted by Gasteiger charge is -2.36. The van der Waals surface area contributed by atoms with E-state index in [9.17, 15) is 4.79 Å². The minimum atomic E-state index is -0.410. The summed E-state index contributed by atoms with van der Waals surface area (Å²) in [5, 5.41) is 3.39. The number of piperazine rings is 1. The maximum absolute atomic E-state index is 11.4. The van der Waals surface area contributed by atoms with E-state index in [0.29, 0.717) is 12.1 Å². The van der Waals surface area contributed by atoms with Gasteiger partial charge in [-0.15, -0.1) is 24.0 Å². The van der Waals surface area contributed by atoms with Gasteiger partial charge in [0, 0.05) is 44.8 Å². The summed E-state index contributed by atoms with van der Waals surface area (Å²) in [5.74, 6) is 0.513. The maximum Gasteiger partial charge on any atom is 0.248 e. The van der Waals surface area contributed by atoms with Crippen LogP contribution in [0.5, 0.6) is 0 Å². The fourth-order valence-electron chi connectivity index (χ4n) is 3.37. The van der Waals surface area contributed by atoms with E-state index >= 15 is 0 Å². The van der Waals surface area contributed by atoms with Crippen LogP contribution in [0.25, 0.3) is 0 Å². The average Bonchev–Trinajstić information content (AvgIpc) is 2.73. The Morgan fingerprint density at radius 3 is 2.38 bits per heavy atom. The van der Waals surface area contributed by atoms with Gasteiger partial charge in [0.2, 0.25) is 5.91 Å². The molecule has 1 aliphatic heterocycles. The first-order valence-electron chi connectivity index (χ1n) is 9.84. The van der Waals surface area contributed by atoms with E-state index in [4.69, 9.17) is 10.7 Å².